The molecule has 0 aromatic heterocycles. The second kappa shape index (κ2) is 6.83. The van der Waals surface area contributed by atoms with E-state index in [1.165, 1.54) is 5.56 Å². The molecule has 0 unspecified atom stereocenters. The fourth-order valence-electron chi connectivity index (χ4n) is 2.24. The molecule has 1 heterocycles. The highest BCUT2D eigenvalue weighted by Gasteiger charge is 2.19. The number of hydrogen-bond acceptors (Lipinski definition) is 4. The Bertz CT molecular complexity index is 387. The van der Waals surface area contributed by atoms with E-state index >= 15 is 0 Å². The first-order valence-corrected chi connectivity index (χ1v) is 5.91. The molecule has 0 radical (unpaired) electrons. The Hall–Kier alpha value is -0.970. The quantitative estimate of drug-likeness (QED) is 0.906. The van der Waals surface area contributed by atoms with Crippen LogP contribution >= 0.6 is 12.4 Å². The molecule has 0 aliphatic carbocycles. The summed E-state index contributed by atoms with van der Waals surface area (Å²) in [6.07, 6.45) is 1.09. The molecule has 2 rings (SSSR count). The Kier molecular flexibility index (Phi) is 5.72. The zero-order valence-electron chi connectivity index (χ0n) is 10.9. The highest BCUT2D eigenvalue weighted by atomic mass is 35.5. The molecule has 0 spiro atoms. The molecule has 1 aliphatic heterocycles. The van der Waals surface area contributed by atoms with Gasteiger partial charge in [0.25, 0.3) is 0 Å². The molecule has 0 saturated carbocycles. The van der Waals surface area contributed by atoms with E-state index in [2.05, 4.69) is 11.0 Å². The number of halogens is 1. The molecule has 0 bridgehead atoms. The summed E-state index contributed by atoms with van der Waals surface area (Å²) >= 11 is 0. The van der Waals surface area contributed by atoms with Crippen LogP contribution in [0.4, 0.5) is 0 Å². The van der Waals surface area contributed by atoms with Crippen molar-refractivity contribution in [2.45, 2.75) is 19.0 Å². The second-order valence-corrected chi connectivity index (χ2v) is 4.47. The van der Waals surface area contributed by atoms with E-state index in [-0.39, 0.29) is 12.4 Å². The zero-order valence-corrected chi connectivity index (χ0v) is 11.7. The molecule has 1 fully saturated rings. The van der Waals surface area contributed by atoms with Gasteiger partial charge in [-0.25, -0.2) is 0 Å². The van der Waals surface area contributed by atoms with Crippen LogP contribution in [0, 0.1) is 0 Å². The van der Waals surface area contributed by atoms with Crippen LogP contribution in [0.15, 0.2) is 18.2 Å². The first kappa shape index (κ1) is 15.1. The Labute approximate surface area is 114 Å². The summed E-state index contributed by atoms with van der Waals surface area (Å²) in [5, 5.41) is 0. The first-order chi connectivity index (χ1) is 8.22. The standard InChI is InChI=1S/C13H20N2O2.ClH/c1-16-12-4-3-10(7-13(12)17-2)8-15-6-5-11(14)9-15;/h3-4,7,11H,5-6,8-9,14H2,1-2H3;1H/t11-;/m1./s1. The maximum Gasteiger partial charge on any atom is 0.161 e. The van der Waals surface area contributed by atoms with Crippen molar-refractivity contribution in [3.05, 3.63) is 23.8 Å². The fourth-order valence-corrected chi connectivity index (χ4v) is 2.24. The molecule has 18 heavy (non-hydrogen) atoms. The lowest BCUT2D eigenvalue weighted by Crippen LogP contribution is -2.26. The van der Waals surface area contributed by atoms with Crippen LogP contribution in [0.1, 0.15) is 12.0 Å². The number of nitrogens with zero attached hydrogens (tertiary/aromatic N) is 1. The van der Waals surface area contributed by atoms with Gasteiger partial charge in [-0.05, 0) is 24.1 Å². The normalized spacial score (nSPS) is 19.4. The van der Waals surface area contributed by atoms with Gasteiger partial charge in [-0.2, -0.15) is 0 Å². The van der Waals surface area contributed by atoms with E-state index in [0.717, 1.165) is 37.6 Å². The van der Waals surface area contributed by atoms with Crippen LogP contribution in [0.3, 0.4) is 0 Å². The van der Waals surface area contributed by atoms with Gasteiger partial charge in [0, 0.05) is 25.7 Å². The maximum absolute atomic E-state index is 5.89. The molecular weight excluding hydrogens is 252 g/mol. The Morgan fingerprint density at radius 1 is 1.28 bits per heavy atom. The highest BCUT2D eigenvalue weighted by molar-refractivity contribution is 5.85. The lowest BCUT2D eigenvalue weighted by atomic mass is 10.2. The number of likely N-dealkylation sites (tertiary alicyclic amines) is 1. The van der Waals surface area contributed by atoms with Crippen molar-refractivity contribution >= 4 is 12.4 Å². The molecule has 102 valence electrons. The van der Waals surface area contributed by atoms with Gasteiger partial charge in [-0.1, -0.05) is 6.07 Å². The van der Waals surface area contributed by atoms with Gasteiger partial charge in [0.05, 0.1) is 14.2 Å². The molecule has 5 heteroatoms. The predicted octanol–water partition coefficient (Wildman–Crippen LogP) is 1.66. The number of rotatable bonds is 4. The Morgan fingerprint density at radius 3 is 2.56 bits per heavy atom. The third kappa shape index (κ3) is 3.51. The van der Waals surface area contributed by atoms with Crippen molar-refractivity contribution in [1.29, 1.82) is 0 Å². The summed E-state index contributed by atoms with van der Waals surface area (Å²) in [7, 11) is 3.31. The van der Waals surface area contributed by atoms with Gasteiger partial charge in [0.15, 0.2) is 11.5 Å². The third-order valence-corrected chi connectivity index (χ3v) is 3.16. The van der Waals surface area contributed by atoms with Gasteiger partial charge in [-0.3, -0.25) is 4.90 Å². The molecule has 1 aromatic carbocycles. The largest absolute Gasteiger partial charge is 0.493 e. The average molecular weight is 273 g/mol. The third-order valence-electron chi connectivity index (χ3n) is 3.16. The van der Waals surface area contributed by atoms with Crippen LogP contribution in [0.25, 0.3) is 0 Å². The van der Waals surface area contributed by atoms with E-state index in [9.17, 15) is 0 Å². The topological polar surface area (TPSA) is 47.7 Å². The van der Waals surface area contributed by atoms with Crippen LogP contribution < -0.4 is 15.2 Å². The van der Waals surface area contributed by atoms with Crippen LogP contribution in [0.2, 0.25) is 0 Å². The smallest absolute Gasteiger partial charge is 0.161 e. The Balaban J connectivity index is 0.00000162. The van der Waals surface area contributed by atoms with Crippen molar-refractivity contribution in [2.75, 3.05) is 27.3 Å². The van der Waals surface area contributed by atoms with E-state index in [1.807, 2.05) is 12.1 Å². The lowest BCUT2D eigenvalue weighted by Gasteiger charge is -2.16. The average Bonchev–Trinajstić information content (AvgIpc) is 2.74. The van der Waals surface area contributed by atoms with Gasteiger partial charge in [0.2, 0.25) is 0 Å². The van der Waals surface area contributed by atoms with E-state index in [0.29, 0.717) is 6.04 Å². The first-order valence-electron chi connectivity index (χ1n) is 5.91. The lowest BCUT2D eigenvalue weighted by molar-refractivity contribution is 0.323. The monoisotopic (exact) mass is 272 g/mol. The van der Waals surface area contributed by atoms with E-state index in [1.54, 1.807) is 14.2 Å². The number of ether oxygens (including phenoxy) is 2. The molecule has 4 nitrogen and oxygen atoms in total. The van der Waals surface area contributed by atoms with Crippen LogP contribution in [-0.4, -0.2) is 38.3 Å². The van der Waals surface area contributed by atoms with Crippen molar-refractivity contribution in [3.8, 4) is 11.5 Å². The summed E-state index contributed by atoms with van der Waals surface area (Å²) in [4.78, 5) is 2.37. The van der Waals surface area contributed by atoms with Gasteiger partial charge in [-0.15, -0.1) is 12.4 Å². The molecule has 1 aromatic rings. The second-order valence-electron chi connectivity index (χ2n) is 4.47. The summed E-state index contributed by atoms with van der Waals surface area (Å²) < 4.78 is 10.5. The van der Waals surface area contributed by atoms with Crippen molar-refractivity contribution < 1.29 is 9.47 Å². The summed E-state index contributed by atoms with van der Waals surface area (Å²) in [5.41, 5.74) is 7.13. The maximum atomic E-state index is 5.89. The highest BCUT2D eigenvalue weighted by Crippen LogP contribution is 2.28. The van der Waals surface area contributed by atoms with Crippen molar-refractivity contribution in [3.63, 3.8) is 0 Å². The van der Waals surface area contributed by atoms with E-state index < -0.39 is 0 Å². The minimum absolute atomic E-state index is 0. The molecule has 2 N–H and O–H groups in total. The van der Waals surface area contributed by atoms with Crippen molar-refractivity contribution in [1.82, 2.24) is 4.90 Å². The molecular formula is C13H21ClN2O2. The molecule has 1 atom stereocenters. The minimum atomic E-state index is 0. The number of nitrogens with two attached hydrogens (primary N) is 1. The number of hydrogen-bond donors (Lipinski definition) is 1. The fraction of sp³-hybridized carbons (Fsp3) is 0.538. The molecule has 0 amide bonds. The SMILES string of the molecule is COc1ccc(CN2CC[C@@H](N)C2)cc1OC.Cl. The van der Waals surface area contributed by atoms with E-state index in [4.69, 9.17) is 15.2 Å². The summed E-state index contributed by atoms with van der Waals surface area (Å²) in [6.45, 7) is 2.98. The number of benzene rings is 1. The Morgan fingerprint density at radius 2 is 2.00 bits per heavy atom. The van der Waals surface area contributed by atoms with Gasteiger partial charge < -0.3 is 15.2 Å². The van der Waals surface area contributed by atoms with Gasteiger partial charge >= 0.3 is 0 Å². The summed E-state index contributed by atoms with van der Waals surface area (Å²) in [6, 6.07) is 6.38. The molecule has 1 saturated heterocycles. The van der Waals surface area contributed by atoms with Crippen LogP contribution in [0.5, 0.6) is 11.5 Å². The van der Waals surface area contributed by atoms with Gasteiger partial charge in [0.1, 0.15) is 0 Å². The zero-order chi connectivity index (χ0) is 12.3. The predicted molar refractivity (Wildman–Crippen MR) is 74.7 cm³/mol. The minimum Gasteiger partial charge on any atom is -0.493 e. The number of methoxy groups -OCH3 is 2. The van der Waals surface area contributed by atoms with Crippen molar-refractivity contribution in [2.24, 2.45) is 5.73 Å². The molecule has 1 aliphatic rings. The van der Waals surface area contributed by atoms with Crippen LogP contribution in [-0.2, 0) is 6.54 Å². The summed E-state index contributed by atoms with van der Waals surface area (Å²) in [5.74, 6) is 1.56.